The average molecular weight is 297 g/mol. The molecule has 1 unspecified atom stereocenters. The molecule has 2 rings (SSSR count). The number of rotatable bonds is 5. The number of amides is 1. The van der Waals surface area contributed by atoms with Gasteiger partial charge >= 0.3 is 0 Å². The molecule has 0 saturated heterocycles. The van der Waals surface area contributed by atoms with E-state index in [1.807, 2.05) is 24.3 Å². The molecule has 0 spiro atoms. The Morgan fingerprint density at radius 2 is 1.95 bits per heavy atom. The molecular weight excluding hydrogens is 281 g/mol. The van der Waals surface area contributed by atoms with Crippen LogP contribution >= 0.6 is 0 Å². The van der Waals surface area contributed by atoms with Crippen molar-refractivity contribution in [3.05, 3.63) is 66.5 Å². The van der Waals surface area contributed by atoms with E-state index >= 15 is 0 Å². The monoisotopic (exact) mass is 297 g/mol. The van der Waals surface area contributed by atoms with Gasteiger partial charge in [-0.05, 0) is 34.9 Å². The van der Waals surface area contributed by atoms with Crippen molar-refractivity contribution in [2.45, 2.75) is 12.8 Å². The largest absolute Gasteiger partial charge is 0.320 e. The topological polar surface area (TPSA) is 46.2 Å². The number of aldehydes is 1. The van der Waals surface area contributed by atoms with E-state index in [9.17, 15) is 14.0 Å². The van der Waals surface area contributed by atoms with Gasteiger partial charge in [0.1, 0.15) is 12.1 Å². The molecule has 22 heavy (non-hydrogen) atoms. The van der Waals surface area contributed by atoms with E-state index in [0.29, 0.717) is 5.56 Å². The molecule has 0 aromatic heterocycles. The standard InChI is InChI=1S/C18H16FNO2/c1-3-18(22)20-17-8-7-15(10-16(17)19)14-6-4-5-13(9-14)12(2)11-21/h3-12H,1H2,2H3,(H,20,22). The van der Waals surface area contributed by atoms with Crippen LogP contribution in [0, 0.1) is 5.82 Å². The summed E-state index contributed by atoms with van der Waals surface area (Å²) < 4.78 is 14.1. The van der Waals surface area contributed by atoms with E-state index < -0.39 is 11.7 Å². The van der Waals surface area contributed by atoms with Crippen LogP contribution in [0.15, 0.2) is 55.1 Å². The molecule has 2 aromatic carbocycles. The van der Waals surface area contributed by atoms with Gasteiger partial charge in [0.25, 0.3) is 0 Å². The zero-order chi connectivity index (χ0) is 16.1. The highest BCUT2D eigenvalue weighted by Gasteiger charge is 2.09. The first-order valence-electron chi connectivity index (χ1n) is 6.83. The van der Waals surface area contributed by atoms with Crippen LogP contribution in [-0.2, 0) is 9.59 Å². The summed E-state index contributed by atoms with van der Waals surface area (Å²) in [6.07, 6.45) is 1.95. The van der Waals surface area contributed by atoms with Gasteiger partial charge in [-0.2, -0.15) is 0 Å². The first kappa shape index (κ1) is 15.6. The first-order chi connectivity index (χ1) is 10.5. The fourth-order valence-electron chi connectivity index (χ4n) is 2.06. The lowest BCUT2D eigenvalue weighted by molar-refractivity contribution is -0.112. The Hall–Kier alpha value is -2.75. The lowest BCUT2D eigenvalue weighted by Gasteiger charge is -2.09. The molecule has 3 nitrogen and oxygen atoms in total. The smallest absolute Gasteiger partial charge is 0.247 e. The molecular formula is C18H16FNO2. The summed E-state index contributed by atoms with van der Waals surface area (Å²) in [5, 5.41) is 2.40. The number of benzene rings is 2. The van der Waals surface area contributed by atoms with Gasteiger partial charge in [0.15, 0.2) is 0 Å². The van der Waals surface area contributed by atoms with Crippen LogP contribution in [0.4, 0.5) is 10.1 Å². The molecule has 2 aromatic rings. The molecule has 1 atom stereocenters. The molecule has 0 aliphatic carbocycles. The number of hydrogen-bond donors (Lipinski definition) is 1. The second-order valence-electron chi connectivity index (χ2n) is 4.94. The maximum Gasteiger partial charge on any atom is 0.247 e. The van der Waals surface area contributed by atoms with E-state index in [0.717, 1.165) is 23.5 Å². The van der Waals surface area contributed by atoms with Crippen LogP contribution in [0.25, 0.3) is 11.1 Å². The summed E-state index contributed by atoms with van der Waals surface area (Å²) in [7, 11) is 0. The van der Waals surface area contributed by atoms with E-state index in [1.165, 1.54) is 12.1 Å². The van der Waals surface area contributed by atoms with Crippen molar-refractivity contribution < 1.29 is 14.0 Å². The Labute approximate surface area is 128 Å². The van der Waals surface area contributed by atoms with Gasteiger partial charge in [-0.25, -0.2) is 4.39 Å². The van der Waals surface area contributed by atoms with Crippen LogP contribution in [0.5, 0.6) is 0 Å². The van der Waals surface area contributed by atoms with Crippen LogP contribution < -0.4 is 5.32 Å². The first-order valence-corrected chi connectivity index (χ1v) is 6.83. The van der Waals surface area contributed by atoms with Gasteiger partial charge in [0.2, 0.25) is 5.91 Å². The third kappa shape index (κ3) is 3.47. The van der Waals surface area contributed by atoms with Crippen LogP contribution in [0.2, 0.25) is 0 Å². The molecule has 112 valence electrons. The molecule has 0 bridgehead atoms. The average Bonchev–Trinajstić information content (AvgIpc) is 2.55. The number of carbonyl (C=O) groups is 2. The van der Waals surface area contributed by atoms with Gasteiger partial charge in [0, 0.05) is 5.92 Å². The Balaban J connectivity index is 2.34. The number of hydrogen-bond acceptors (Lipinski definition) is 2. The minimum atomic E-state index is -0.526. The third-order valence-corrected chi connectivity index (χ3v) is 3.36. The van der Waals surface area contributed by atoms with Crippen molar-refractivity contribution in [2.75, 3.05) is 5.32 Å². The van der Waals surface area contributed by atoms with E-state index in [2.05, 4.69) is 11.9 Å². The maximum absolute atomic E-state index is 14.1. The van der Waals surface area contributed by atoms with Crippen molar-refractivity contribution in [1.29, 1.82) is 0 Å². The maximum atomic E-state index is 14.1. The third-order valence-electron chi connectivity index (χ3n) is 3.36. The highest BCUT2D eigenvalue weighted by atomic mass is 19.1. The molecule has 1 N–H and O–H groups in total. The summed E-state index contributed by atoms with van der Waals surface area (Å²) in [6.45, 7) is 5.13. The molecule has 4 heteroatoms. The van der Waals surface area contributed by atoms with E-state index in [1.54, 1.807) is 13.0 Å². The predicted molar refractivity (Wildman–Crippen MR) is 85.1 cm³/mol. The Kier molecular flexibility index (Phi) is 4.84. The number of halogens is 1. The van der Waals surface area contributed by atoms with E-state index in [4.69, 9.17) is 0 Å². The SMILES string of the molecule is C=CC(=O)Nc1ccc(-c2cccc(C(C)C=O)c2)cc1F. The lowest BCUT2D eigenvalue weighted by Crippen LogP contribution is -2.08. The number of carbonyl (C=O) groups excluding carboxylic acids is 2. The highest BCUT2D eigenvalue weighted by molar-refractivity contribution is 5.99. The lowest BCUT2D eigenvalue weighted by atomic mass is 9.97. The minimum Gasteiger partial charge on any atom is -0.320 e. The van der Waals surface area contributed by atoms with Gasteiger partial charge < -0.3 is 10.1 Å². The zero-order valence-electron chi connectivity index (χ0n) is 12.2. The van der Waals surface area contributed by atoms with Gasteiger partial charge in [-0.1, -0.05) is 43.8 Å². The molecule has 0 fully saturated rings. The van der Waals surface area contributed by atoms with Crippen molar-refractivity contribution in [3.8, 4) is 11.1 Å². The summed E-state index contributed by atoms with van der Waals surface area (Å²) in [4.78, 5) is 22.1. The normalized spacial score (nSPS) is 11.5. The fraction of sp³-hybridized carbons (Fsp3) is 0.111. The quantitative estimate of drug-likeness (QED) is 0.671. The van der Waals surface area contributed by atoms with Crippen LogP contribution in [0.3, 0.4) is 0 Å². The van der Waals surface area contributed by atoms with Crippen LogP contribution in [-0.4, -0.2) is 12.2 Å². The number of anilines is 1. The zero-order valence-corrected chi connectivity index (χ0v) is 12.2. The van der Waals surface area contributed by atoms with Gasteiger partial charge in [-0.15, -0.1) is 0 Å². The fourth-order valence-corrected chi connectivity index (χ4v) is 2.06. The second kappa shape index (κ2) is 6.80. The Bertz CT molecular complexity index is 725. The van der Waals surface area contributed by atoms with Crippen molar-refractivity contribution in [1.82, 2.24) is 0 Å². The Morgan fingerprint density at radius 1 is 1.23 bits per heavy atom. The molecule has 0 aliphatic rings. The molecule has 1 amide bonds. The number of nitrogens with one attached hydrogen (secondary N) is 1. The van der Waals surface area contributed by atoms with Crippen molar-refractivity contribution in [2.24, 2.45) is 0 Å². The van der Waals surface area contributed by atoms with Crippen molar-refractivity contribution in [3.63, 3.8) is 0 Å². The van der Waals surface area contributed by atoms with Crippen LogP contribution in [0.1, 0.15) is 18.4 Å². The second-order valence-corrected chi connectivity index (χ2v) is 4.94. The summed E-state index contributed by atoms with van der Waals surface area (Å²) >= 11 is 0. The van der Waals surface area contributed by atoms with E-state index in [-0.39, 0.29) is 11.6 Å². The summed E-state index contributed by atoms with van der Waals surface area (Å²) in [5.74, 6) is -1.20. The summed E-state index contributed by atoms with van der Waals surface area (Å²) in [6, 6.07) is 12.0. The van der Waals surface area contributed by atoms with Gasteiger partial charge in [0.05, 0.1) is 5.69 Å². The molecule has 0 heterocycles. The molecule has 0 aliphatic heterocycles. The predicted octanol–water partition coefficient (Wildman–Crippen LogP) is 3.92. The highest BCUT2D eigenvalue weighted by Crippen LogP contribution is 2.26. The van der Waals surface area contributed by atoms with Crippen molar-refractivity contribution >= 4 is 17.9 Å². The molecule has 0 radical (unpaired) electrons. The van der Waals surface area contributed by atoms with Gasteiger partial charge in [-0.3, -0.25) is 4.79 Å². The minimum absolute atomic E-state index is 0.103. The molecule has 0 saturated carbocycles. The summed E-state index contributed by atoms with van der Waals surface area (Å²) in [5.41, 5.74) is 2.46. The Morgan fingerprint density at radius 3 is 2.59 bits per heavy atom.